The third kappa shape index (κ3) is 4.90. The van der Waals surface area contributed by atoms with Gasteiger partial charge in [-0.3, -0.25) is 0 Å². The Morgan fingerprint density at radius 1 is 1.00 bits per heavy atom. The predicted molar refractivity (Wildman–Crippen MR) is 100 cm³/mol. The lowest BCUT2D eigenvalue weighted by molar-refractivity contribution is 0.628. The van der Waals surface area contributed by atoms with Gasteiger partial charge in [-0.05, 0) is 37.1 Å². The van der Waals surface area contributed by atoms with Crippen molar-refractivity contribution in [3.8, 4) is 0 Å². The number of nitrogens with zero attached hydrogens (tertiary/aromatic N) is 2. The van der Waals surface area contributed by atoms with Gasteiger partial charge in [-0.15, -0.1) is 0 Å². The van der Waals surface area contributed by atoms with Crippen molar-refractivity contribution in [3.63, 3.8) is 0 Å². The maximum atomic E-state index is 13.2. The summed E-state index contributed by atoms with van der Waals surface area (Å²) in [6.45, 7) is 2.59. The highest BCUT2D eigenvalue weighted by Gasteiger charge is 2.05. The Bertz CT molecular complexity index is 855. The summed E-state index contributed by atoms with van der Waals surface area (Å²) >= 11 is 5.81. The summed E-state index contributed by atoms with van der Waals surface area (Å²) in [5.41, 5.74) is 1.93. The maximum absolute atomic E-state index is 13.2. The van der Waals surface area contributed by atoms with Crippen LogP contribution in [0.5, 0.6) is 0 Å². The Morgan fingerprint density at radius 3 is 2.52 bits per heavy atom. The third-order valence-electron chi connectivity index (χ3n) is 3.59. The van der Waals surface area contributed by atoms with E-state index >= 15 is 0 Å². The first kappa shape index (κ1) is 17.2. The molecule has 3 rings (SSSR count). The molecule has 25 heavy (non-hydrogen) atoms. The molecule has 0 atom stereocenters. The van der Waals surface area contributed by atoms with E-state index in [0.29, 0.717) is 17.3 Å². The van der Waals surface area contributed by atoms with E-state index in [4.69, 9.17) is 11.6 Å². The molecular weight excluding hydrogens is 339 g/mol. The van der Waals surface area contributed by atoms with Gasteiger partial charge in [-0.1, -0.05) is 41.9 Å². The molecule has 0 saturated carbocycles. The quantitative estimate of drug-likeness (QED) is 0.654. The molecule has 2 aromatic carbocycles. The Balaban J connectivity index is 1.66. The minimum Gasteiger partial charge on any atom is -0.370 e. The number of aryl methyl sites for hydroxylation is 1. The second kappa shape index (κ2) is 7.94. The van der Waals surface area contributed by atoms with E-state index in [-0.39, 0.29) is 5.02 Å². The van der Waals surface area contributed by atoms with Crippen molar-refractivity contribution in [3.05, 3.63) is 76.8 Å². The Labute approximate surface area is 151 Å². The lowest BCUT2D eigenvalue weighted by atomic mass is 10.1. The van der Waals surface area contributed by atoms with Gasteiger partial charge >= 0.3 is 0 Å². The number of halogens is 2. The van der Waals surface area contributed by atoms with Gasteiger partial charge in [-0.25, -0.2) is 14.4 Å². The lowest BCUT2D eigenvalue weighted by Crippen LogP contribution is -2.08. The largest absolute Gasteiger partial charge is 0.370 e. The van der Waals surface area contributed by atoms with Crippen molar-refractivity contribution in [2.24, 2.45) is 0 Å². The van der Waals surface area contributed by atoms with Crippen LogP contribution in [0, 0.1) is 12.7 Å². The molecule has 0 radical (unpaired) electrons. The molecule has 3 aromatic rings. The van der Waals surface area contributed by atoms with Crippen LogP contribution in [-0.4, -0.2) is 16.5 Å². The Morgan fingerprint density at radius 2 is 1.76 bits per heavy atom. The van der Waals surface area contributed by atoms with E-state index in [9.17, 15) is 4.39 Å². The molecule has 6 heteroatoms. The number of benzene rings is 2. The third-order valence-corrected chi connectivity index (χ3v) is 3.88. The van der Waals surface area contributed by atoms with Gasteiger partial charge in [0.2, 0.25) is 0 Å². The molecule has 0 aliphatic rings. The van der Waals surface area contributed by atoms with Crippen LogP contribution in [0.2, 0.25) is 5.02 Å². The van der Waals surface area contributed by atoms with E-state index in [1.54, 1.807) is 6.07 Å². The molecule has 0 fully saturated rings. The molecule has 1 heterocycles. The molecule has 0 unspecified atom stereocenters. The van der Waals surface area contributed by atoms with Gasteiger partial charge < -0.3 is 10.6 Å². The molecule has 0 aliphatic heterocycles. The summed E-state index contributed by atoms with van der Waals surface area (Å²) in [5.74, 6) is 1.55. The molecule has 0 aliphatic carbocycles. The van der Waals surface area contributed by atoms with Crippen LogP contribution in [0.25, 0.3) is 0 Å². The van der Waals surface area contributed by atoms with Crippen molar-refractivity contribution in [1.29, 1.82) is 0 Å². The van der Waals surface area contributed by atoms with Crippen LogP contribution in [-0.2, 0) is 6.42 Å². The SMILES string of the molecule is Cc1nc(NCCc2ccccc2)cc(Nc2ccc(F)c(Cl)c2)n1. The van der Waals surface area contributed by atoms with E-state index in [0.717, 1.165) is 18.8 Å². The number of aromatic nitrogens is 2. The van der Waals surface area contributed by atoms with Crippen LogP contribution in [0.3, 0.4) is 0 Å². The molecule has 4 nitrogen and oxygen atoms in total. The monoisotopic (exact) mass is 356 g/mol. The minimum absolute atomic E-state index is 0.0667. The highest BCUT2D eigenvalue weighted by Crippen LogP contribution is 2.23. The zero-order valence-corrected chi connectivity index (χ0v) is 14.5. The van der Waals surface area contributed by atoms with Crippen molar-refractivity contribution in [2.75, 3.05) is 17.2 Å². The van der Waals surface area contributed by atoms with Crippen LogP contribution < -0.4 is 10.6 Å². The van der Waals surface area contributed by atoms with Gasteiger partial charge in [0, 0.05) is 18.3 Å². The summed E-state index contributed by atoms with van der Waals surface area (Å²) in [7, 11) is 0. The average Bonchev–Trinajstić information content (AvgIpc) is 2.59. The van der Waals surface area contributed by atoms with Gasteiger partial charge in [0.05, 0.1) is 5.02 Å². The molecule has 1 aromatic heterocycles. The highest BCUT2D eigenvalue weighted by molar-refractivity contribution is 6.31. The first-order valence-corrected chi connectivity index (χ1v) is 8.33. The Hall–Kier alpha value is -2.66. The van der Waals surface area contributed by atoms with Crippen molar-refractivity contribution < 1.29 is 4.39 Å². The topological polar surface area (TPSA) is 49.8 Å². The first-order valence-electron chi connectivity index (χ1n) is 7.96. The smallest absolute Gasteiger partial charge is 0.141 e. The fourth-order valence-corrected chi connectivity index (χ4v) is 2.60. The van der Waals surface area contributed by atoms with Gasteiger partial charge in [0.25, 0.3) is 0 Å². The molecule has 0 spiro atoms. The van der Waals surface area contributed by atoms with Crippen molar-refractivity contribution >= 4 is 28.9 Å². The number of rotatable bonds is 6. The summed E-state index contributed by atoms with van der Waals surface area (Å²) in [6.07, 6.45) is 0.903. The number of hydrogen-bond acceptors (Lipinski definition) is 4. The van der Waals surface area contributed by atoms with Crippen molar-refractivity contribution in [1.82, 2.24) is 9.97 Å². The summed E-state index contributed by atoms with van der Waals surface area (Å²) < 4.78 is 13.2. The van der Waals surface area contributed by atoms with E-state index in [2.05, 4.69) is 32.7 Å². The molecular formula is C19H18ClFN4. The van der Waals surface area contributed by atoms with E-state index < -0.39 is 5.82 Å². The van der Waals surface area contributed by atoms with Crippen molar-refractivity contribution in [2.45, 2.75) is 13.3 Å². The summed E-state index contributed by atoms with van der Waals surface area (Å²) in [5, 5.41) is 6.49. The molecule has 0 bridgehead atoms. The van der Waals surface area contributed by atoms with Gasteiger partial charge in [0.1, 0.15) is 23.3 Å². The predicted octanol–water partition coefficient (Wildman–Crippen LogP) is 4.98. The molecule has 0 amide bonds. The highest BCUT2D eigenvalue weighted by atomic mass is 35.5. The normalized spacial score (nSPS) is 10.5. The minimum atomic E-state index is -0.450. The van der Waals surface area contributed by atoms with E-state index in [1.165, 1.54) is 17.7 Å². The fourth-order valence-electron chi connectivity index (χ4n) is 2.42. The molecule has 0 saturated heterocycles. The Kier molecular flexibility index (Phi) is 5.46. The second-order valence-electron chi connectivity index (χ2n) is 5.60. The first-order chi connectivity index (χ1) is 12.1. The maximum Gasteiger partial charge on any atom is 0.141 e. The zero-order valence-electron chi connectivity index (χ0n) is 13.8. The number of hydrogen-bond donors (Lipinski definition) is 2. The second-order valence-corrected chi connectivity index (χ2v) is 6.01. The van der Waals surface area contributed by atoms with E-state index in [1.807, 2.05) is 31.2 Å². The standard InChI is InChI=1S/C19H18ClFN4/c1-13-23-18(22-10-9-14-5-3-2-4-6-14)12-19(24-13)25-15-7-8-17(21)16(20)11-15/h2-8,11-12H,9-10H2,1H3,(H2,22,23,24,25). The fraction of sp³-hybridized carbons (Fsp3) is 0.158. The van der Waals surface area contributed by atoms with Crippen LogP contribution in [0.15, 0.2) is 54.6 Å². The molecule has 128 valence electrons. The lowest BCUT2D eigenvalue weighted by Gasteiger charge is -2.11. The number of anilines is 3. The summed E-state index contributed by atoms with van der Waals surface area (Å²) in [4.78, 5) is 8.74. The molecule has 2 N–H and O–H groups in total. The summed E-state index contributed by atoms with van der Waals surface area (Å²) in [6, 6.07) is 16.5. The van der Waals surface area contributed by atoms with Crippen LogP contribution >= 0.6 is 11.6 Å². The average molecular weight is 357 g/mol. The van der Waals surface area contributed by atoms with Crippen LogP contribution in [0.1, 0.15) is 11.4 Å². The van der Waals surface area contributed by atoms with Crippen LogP contribution in [0.4, 0.5) is 21.7 Å². The van der Waals surface area contributed by atoms with Gasteiger partial charge in [-0.2, -0.15) is 0 Å². The van der Waals surface area contributed by atoms with Gasteiger partial charge in [0.15, 0.2) is 0 Å². The zero-order chi connectivity index (χ0) is 17.6. The number of nitrogens with one attached hydrogen (secondary N) is 2.